The average molecular weight is 574 g/mol. The quantitative estimate of drug-likeness (QED) is 0.181. The maximum Gasteiger partial charge on any atom is 0.273 e. The number of oxazole rings is 1. The Balaban J connectivity index is 1.21. The van der Waals surface area contributed by atoms with E-state index in [0.717, 1.165) is 28.1 Å². The van der Waals surface area contributed by atoms with Gasteiger partial charge in [-0.1, -0.05) is 103 Å². The summed E-state index contributed by atoms with van der Waals surface area (Å²) in [6.07, 6.45) is 1.39. The number of aromatic nitrogens is 4. The highest BCUT2D eigenvalue weighted by atomic mass is 32.2. The number of benzene rings is 4. The summed E-state index contributed by atoms with van der Waals surface area (Å²) < 4.78 is 13.1. The van der Waals surface area contributed by atoms with Gasteiger partial charge < -0.3 is 14.5 Å². The van der Waals surface area contributed by atoms with Gasteiger partial charge in [0.15, 0.2) is 16.7 Å². The van der Waals surface area contributed by atoms with Crippen molar-refractivity contribution in [3.63, 3.8) is 0 Å². The molecule has 2 heterocycles. The van der Waals surface area contributed by atoms with Gasteiger partial charge >= 0.3 is 0 Å². The first-order valence-corrected chi connectivity index (χ1v) is 14.3. The van der Waals surface area contributed by atoms with Gasteiger partial charge in [0.2, 0.25) is 5.89 Å². The van der Waals surface area contributed by atoms with Gasteiger partial charge in [-0.15, -0.1) is 10.2 Å². The summed E-state index contributed by atoms with van der Waals surface area (Å²) in [7, 11) is 1.64. The van der Waals surface area contributed by atoms with Crippen molar-refractivity contribution in [2.45, 2.75) is 17.0 Å². The van der Waals surface area contributed by atoms with E-state index >= 15 is 0 Å². The molecular weight excluding hydrogens is 546 g/mol. The number of ether oxygens (including phenoxy) is 1. The summed E-state index contributed by atoms with van der Waals surface area (Å²) in [6.45, 7) is 0. The van der Waals surface area contributed by atoms with Crippen molar-refractivity contribution in [2.24, 2.45) is 0 Å². The van der Waals surface area contributed by atoms with E-state index in [0.29, 0.717) is 22.6 Å². The van der Waals surface area contributed by atoms with E-state index in [1.807, 2.05) is 120 Å². The van der Waals surface area contributed by atoms with Crippen LogP contribution in [-0.4, -0.2) is 32.8 Å². The highest BCUT2D eigenvalue weighted by Gasteiger charge is 2.21. The third kappa shape index (κ3) is 5.96. The van der Waals surface area contributed by atoms with E-state index < -0.39 is 0 Å². The summed E-state index contributed by atoms with van der Waals surface area (Å²) in [5.74, 6) is 1.86. The fourth-order valence-electron chi connectivity index (χ4n) is 4.59. The second-order valence-electron chi connectivity index (χ2n) is 9.35. The number of nitrogens with zero attached hydrogens (tertiary/aromatic N) is 4. The molecule has 0 saturated carbocycles. The minimum Gasteiger partial charge on any atom is -0.497 e. The standard InChI is InChI=1S/C33H27N5O3S/c1-40-27-19-11-16-25(20-27)31-36-37-33(38(31)26-17-9-4-10-18-26)42-22-29-34-28(21-41-29)32(39)35-30(23-12-5-2-6-13-23)24-14-7-3-8-15-24/h2-21,30H,22H2,1H3,(H,35,39). The number of amides is 1. The van der Waals surface area contributed by atoms with Crippen LogP contribution in [0.1, 0.15) is 33.5 Å². The van der Waals surface area contributed by atoms with Crippen LogP contribution in [0.3, 0.4) is 0 Å². The van der Waals surface area contributed by atoms with E-state index in [2.05, 4.69) is 20.5 Å². The van der Waals surface area contributed by atoms with Crippen LogP contribution < -0.4 is 10.1 Å². The minimum atomic E-state index is -0.325. The van der Waals surface area contributed by atoms with Crippen molar-refractivity contribution < 1.29 is 13.9 Å². The maximum atomic E-state index is 13.3. The molecule has 0 saturated heterocycles. The number of methoxy groups -OCH3 is 1. The number of nitrogens with one attached hydrogen (secondary N) is 1. The van der Waals surface area contributed by atoms with E-state index in [9.17, 15) is 4.79 Å². The van der Waals surface area contributed by atoms with Crippen LogP contribution in [0.25, 0.3) is 17.1 Å². The first-order valence-electron chi connectivity index (χ1n) is 13.3. The molecular formula is C33H27N5O3S. The van der Waals surface area contributed by atoms with Crippen LogP contribution in [-0.2, 0) is 5.75 Å². The van der Waals surface area contributed by atoms with Crippen LogP contribution in [0.2, 0.25) is 0 Å². The van der Waals surface area contributed by atoms with Crippen LogP contribution in [0, 0.1) is 0 Å². The molecule has 2 aromatic heterocycles. The number of hydrogen-bond donors (Lipinski definition) is 1. The molecule has 1 N–H and O–H groups in total. The Morgan fingerprint density at radius 2 is 1.55 bits per heavy atom. The van der Waals surface area contributed by atoms with Gasteiger partial charge in [0.1, 0.15) is 12.0 Å². The van der Waals surface area contributed by atoms with Crippen molar-refractivity contribution in [3.05, 3.63) is 144 Å². The highest BCUT2D eigenvalue weighted by Crippen LogP contribution is 2.31. The third-order valence-electron chi connectivity index (χ3n) is 6.63. The number of para-hydroxylation sites is 1. The SMILES string of the molecule is COc1cccc(-c2nnc(SCc3nc(C(=O)NC(c4ccccc4)c4ccccc4)co3)n2-c2ccccc2)c1. The van der Waals surface area contributed by atoms with Gasteiger partial charge in [-0.25, -0.2) is 4.98 Å². The number of thioether (sulfide) groups is 1. The molecule has 1 amide bonds. The molecule has 0 radical (unpaired) electrons. The molecule has 208 valence electrons. The Hall–Kier alpha value is -5.15. The molecule has 0 aliphatic heterocycles. The Morgan fingerprint density at radius 1 is 0.881 bits per heavy atom. The number of carbonyl (C=O) groups excluding carboxylic acids is 1. The van der Waals surface area contributed by atoms with Crippen molar-refractivity contribution in [1.29, 1.82) is 0 Å². The molecule has 0 atom stereocenters. The smallest absolute Gasteiger partial charge is 0.273 e. The highest BCUT2D eigenvalue weighted by molar-refractivity contribution is 7.98. The monoisotopic (exact) mass is 573 g/mol. The summed E-state index contributed by atoms with van der Waals surface area (Å²) in [5, 5.41) is 12.7. The van der Waals surface area contributed by atoms with Crippen molar-refractivity contribution in [2.75, 3.05) is 7.11 Å². The van der Waals surface area contributed by atoms with E-state index in [1.54, 1.807) is 7.11 Å². The Morgan fingerprint density at radius 3 is 2.21 bits per heavy atom. The molecule has 8 nitrogen and oxygen atoms in total. The van der Waals surface area contributed by atoms with Crippen molar-refractivity contribution in [1.82, 2.24) is 25.1 Å². The zero-order valence-electron chi connectivity index (χ0n) is 22.8. The van der Waals surface area contributed by atoms with Gasteiger partial charge in [-0.3, -0.25) is 9.36 Å². The van der Waals surface area contributed by atoms with Gasteiger partial charge in [0.05, 0.1) is 18.9 Å². The molecule has 0 bridgehead atoms. The summed E-state index contributed by atoms with van der Waals surface area (Å²) in [5.41, 5.74) is 3.96. The molecule has 0 spiro atoms. The first kappa shape index (κ1) is 27.0. The summed E-state index contributed by atoms with van der Waals surface area (Å²) in [4.78, 5) is 17.7. The lowest BCUT2D eigenvalue weighted by atomic mass is 9.98. The predicted octanol–water partition coefficient (Wildman–Crippen LogP) is 6.74. The zero-order chi connectivity index (χ0) is 28.7. The van der Waals surface area contributed by atoms with Gasteiger partial charge in [-0.05, 0) is 35.4 Å². The van der Waals surface area contributed by atoms with Crippen molar-refractivity contribution in [3.8, 4) is 22.8 Å². The number of carbonyl (C=O) groups is 1. The molecule has 0 unspecified atom stereocenters. The third-order valence-corrected chi connectivity index (χ3v) is 7.54. The van der Waals surface area contributed by atoms with Crippen LogP contribution in [0.4, 0.5) is 0 Å². The normalized spacial score (nSPS) is 11.0. The molecule has 42 heavy (non-hydrogen) atoms. The molecule has 6 aromatic rings. The second-order valence-corrected chi connectivity index (χ2v) is 10.3. The van der Waals surface area contributed by atoms with Gasteiger partial charge in [-0.2, -0.15) is 0 Å². The van der Waals surface area contributed by atoms with Crippen molar-refractivity contribution >= 4 is 17.7 Å². The lowest BCUT2D eigenvalue weighted by Crippen LogP contribution is -2.29. The first-order chi connectivity index (χ1) is 20.7. The second kappa shape index (κ2) is 12.6. The average Bonchev–Trinajstić information content (AvgIpc) is 3.71. The summed E-state index contributed by atoms with van der Waals surface area (Å²) >= 11 is 1.42. The molecule has 0 aliphatic rings. The summed E-state index contributed by atoms with van der Waals surface area (Å²) in [6, 6.07) is 37.0. The lowest BCUT2D eigenvalue weighted by Gasteiger charge is -2.19. The van der Waals surface area contributed by atoms with E-state index in [-0.39, 0.29) is 17.6 Å². The Bertz CT molecular complexity index is 1730. The Labute approximate surface area is 247 Å². The molecule has 9 heteroatoms. The van der Waals surface area contributed by atoms with Gasteiger partial charge in [0, 0.05) is 11.3 Å². The molecule has 4 aromatic carbocycles. The maximum absolute atomic E-state index is 13.3. The predicted molar refractivity (Wildman–Crippen MR) is 162 cm³/mol. The fourth-order valence-corrected chi connectivity index (χ4v) is 5.39. The zero-order valence-corrected chi connectivity index (χ0v) is 23.6. The minimum absolute atomic E-state index is 0.212. The largest absolute Gasteiger partial charge is 0.497 e. The topological polar surface area (TPSA) is 95.1 Å². The van der Waals surface area contributed by atoms with Crippen LogP contribution in [0.15, 0.2) is 131 Å². The Kier molecular flexibility index (Phi) is 8.09. The molecule has 6 rings (SSSR count). The van der Waals surface area contributed by atoms with Gasteiger partial charge in [0.25, 0.3) is 5.91 Å². The van der Waals surface area contributed by atoms with E-state index in [1.165, 1.54) is 18.0 Å². The number of rotatable bonds is 10. The van der Waals surface area contributed by atoms with Crippen LogP contribution in [0.5, 0.6) is 5.75 Å². The van der Waals surface area contributed by atoms with Crippen LogP contribution >= 0.6 is 11.8 Å². The lowest BCUT2D eigenvalue weighted by molar-refractivity contribution is 0.0938. The fraction of sp³-hybridized carbons (Fsp3) is 0.0909. The van der Waals surface area contributed by atoms with E-state index in [4.69, 9.17) is 9.15 Å². The molecule has 0 aliphatic carbocycles. The number of hydrogen-bond acceptors (Lipinski definition) is 7. The molecule has 0 fully saturated rings.